The number of thioether (sulfide) groups is 1. The number of fused-ring (bicyclic) bond motifs is 9. The van der Waals surface area contributed by atoms with Crippen molar-refractivity contribution in [1.82, 2.24) is 15.5 Å². The Labute approximate surface area is 309 Å². The van der Waals surface area contributed by atoms with E-state index in [-0.39, 0.29) is 36.4 Å². The fraction of sp³-hybridized carbons (Fsp3) is 0.474. The Morgan fingerprint density at radius 3 is 2.57 bits per heavy atom. The van der Waals surface area contributed by atoms with Crippen LogP contribution in [0.25, 0.3) is 0 Å². The summed E-state index contributed by atoms with van der Waals surface area (Å²) in [5, 5.41) is 41.5. The van der Waals surface area contributed by atoms with Crippen molar-refractivity contribution in [3.63, 3.8) is 0 Å². The molecule has 7 aliphatic rings. The van der Waals surface area contributed by atoms with E-state index in [2.05, 4.69) is 10.6 Å². The minimum Gasteiger partial charge on any atom is -0.504 e. The van der Waals surface area contributed by atoms with Crippen molar-refractivity contribution >= 4 is 23.7 Å². The third-order valence-electron chi connectivity index (χ3n) is 11.8. The van der Waals surface area contributed by atoms with Gasteiger partial charge in [0.2, 0.25) is 6.79 Å². The molecule has 14 nitrogen and oxygen atoms in total. The zero-order valence-electron chi connectivity index (χ0n) is 29.9. The molecule has 2 saturated heterocycles. The lowest BCUT2D eigenvalue weighted by Crippen LogP contribution is -2.69. The number of phenolic OH excluding ortho intramolecular Hbond substituents is 2. The summed E-state index contributed by atoms with van der Waals surface area (Å²) in [5.41, 5.74) is 4.27. The Hall–Kier alpha value is -4.41. The Kier molecular flexibility index (Phi) is 7.98. The first-order valence-corrected chi connectivity index (χ1v) is 18.7. The molecular weight excluding hydrogens is 706 g/mol. The van der Waals surface area contributed by atoms with Gasteiger partial charge >= 0.3 is 11.9 Å². The molecule has 7 aliphatic heterocycles. The van der Waals surface area contributed by atoms with Crippen molar-refractivity contribution in [2.45, 2.75) is 74.8 Å². The van der Waals surface area contributed by atoms with E-state index < -0.39 is 53.1 Å². The summed E-state index contributed by atoms with van der Waals surface area (Å²) in [6.07, 6.45) is -0.0673. The number of aliphatic hydroxyl groups is 1. The molecule has 3 aromatic carbocycles. The van der Waals surface area contributed by atoms with E-state index in [0.717, 1.165) is 16.7 Å². The van der Waals surface area contributed by atoms with E-state index in [9.17, 15) is 24.9 Å². The number of carbonyl (C=O) groups excluding carboxylic acids is 2. The van der Waals surface area contributed by atoms with E-state index in [0.29, 0.717) is 70.2 Å². The van der Waals surface area contributed by atoms with Gasteiger partial charge in [0.1, 0.15) is 18.6 Å². The lowest BCUT2D eigenvalue weighted by atomic mass is 9.74. The van der Waals surface area contributed by atoms with Crippen LogP contribution in [-0.4, -0.2) is 90.4 Å². The summed E-state index contributed by atoms with van der Waals surface area (Å²) < 4.78 is 35.8. The molecule has 15 heteroatoms. The maximum Gasteiger partial charge on any atom is 0.331 e. The molecule has 5 N–H and O–H groups in total. The Bertz CT molecular complexity index is 2090. The number of ether oxygens (including phenoxy) is 6. The second-order valence-electron chi connectivity index (χ2n) is 14.5. The van der Waals surface area contributed by atoms with E-state index >= 15 is 0 Å². The summed E-state index contributed by atoms with van der Waals surface area (Å²) in [6.45, 7) is 5.23. The van der Waals surface area contributed by atoms with Crippen LogP contribution in [-0.2, 0) is 32.7 Å². The third kappa shape index (κ3) is 4.80. The molecule has 3 aromatic rings. The van der Waals surface area contributed by atoms with E-state index in [1.54, 1.807) is 12.1 Å². The predicted octanol–water partition coefficient (Wildman–Crippen LogP) is 3.07. The number of nitrogens with zero attached hydrogens (tertiary/aromatic N) is 1. The monoisotopic (exact) mass is 747 g/mol. The number of benzene rings is 3. The van der Waals surface area contributed by atoms with Crippen molar-refractivity contribution in [3.05, 3.63) is 62.7 Å². The van der Waals surface area contributed by atoms with Crippen molar-refractivity contribution in [2.24, 2.45) is 0 Å². The van der Waals surface area contributed by atoms with E-state index in [1.165, 1.54) is 32.9 Å². The quantitative estimate of drug-likeness (QED) is 0.195. The summed E-state index contributed by atoms with van der Waals surface area (Å²) in [4.78, 5) is 29.4. The molecule has 2 fully saturated rings. The molecule has 0 radical (unpaired) electrons. The molecule has 7 atom stereocenters. The van der Waals surface area contributed by atoms with Crippen LogP contribution in [0.3, 0.4) is 0 Å². The molecule has 10 rings (SSSR count). The first-order valence-electron chi connectivity index (χ1n) is 17.7. The van der Waals surface area contributed by atoms with Gasteiger partial charge < -0.3 is 49.1 Å². The first kappa shape index (κ1) is 34.4. The highest BCUT2D eigenvalue weighted by Crippen LogP contribution is 2.63. The number of methoxy groups -OCH3 is 2. The fourth-order valence-electron chi connectivity index (χ4n) is 9.60. The van der Waals surface area contributed by atoms with Gasteiger partial charge in [-0.15, -0.1) is 11.8 Å². The standard InChI is InChI=1S/C38H41N3O11S/c1-15-8-19-9-21-36(45)41-22-12-49-37(46)38(20-11-24(47-4)23(43)10-18(20)6-7-39-38)13-53-35(29(41)28(40-21)25(19)30(44)31(15)48-5)27-26(22)34-33(50-14-51-34)16(2)32(27)52-17(3)42/h8,10-11,21-22,28-29,35-36,39-40,43-45H,6-7,9,12-14H2,1-5H3/t21-,22-,28+,29+,35+,36-,38+/m0/s1. The number of esters is 2. The number of hydrogen-bond donors (Lipinski definition) is 5. The molecule has 0 saturated carbocycles. The van der Waals surface area contributed by atoms with Gasteiger partial charge in [-0.3, -0.25) is 15.0 Å². The highest BCUT2D eigenvalue weighted by molar-refractivity contribution is 7.99. The van der Waals surface area contributed by atoms with Crippen LogP contribution in [0.2, 0.25) is 0 Å². The third-order valence-corrected chi connectivity index (χ3v) is 13.2. The zero-order chi connectivity index (χ0) is 37.1. The topological polar surface area (TPSA) is 178 Å². The van der Waals surface area contributed by atoms with Crippen molar-refractivity contribution < 1.29 is 53.3 Å². The smallest absolute Gasteiger partial charge is 0.331 e. The van der Waals surface area contributed by atoms with Gasteiger partial charge in [-0.25, -0.2) is 4.79 Å². The number of nitrogens with one attached hydrogen (secondary N) is 2. The molecule has 7 heterocycles. The lowest BCUT2D eigenvalue weighted by molar-refractivity contribution is -0.164. The van der Waals surface area contributed by atoms with E-state index in [1.807, 2.05) is 24.8 Å². The predicted molar refractivity (Wildman–Crippen MR) is 190 cm³/mol. The maximum absolute atomic E-state index is 14.6. The number of rotatable bonds is 3. The number of aliphatic hydroxyl groups excluding tert-OH is 1. The first-order chi connectivity index (χ1) is 25.5. The van der Waals surface area contributed by atoms with Gasteiger partial charge in [-0.05, 0) is 61.1 Å². The summed E-state index contributed by atoms with van der Waals surface area (Å²) in [7, 11) is 2.98. The number of aryl methyl sites for hydroxylation is 1. The van der Waals surface area contributed by atoms with Gasteiger partial charge in [-0.2, -0.15) is 0 Å². The number of piperazine rings is 1. The maximum atomic E-state index is 14.6. The van der Waals surface area contributed by atoms with Crippen LogP contribution in [0, 0.1) is 13.8 Å². The molecule has 0 amide bonds. The van der Waals surface area contributed by atoms with Gasteiger partial charge in [-0.1, -0.05) is 6.07 Å². The number of aromatic hydroxyl groups is 2. The number of hydrogen-bond acceptors (Lipinski definition) is 15. The molecule has 0 aromatic heterocycles. The van der Waals surface area contributed by atoms with Crippen LogP contribution >= 0.6 is 11.8 Å². The van der Waals surface area contributed by atoms with Crippen LogP contribution in [0.1, 0.15) is 68.8 Å². The lowest BCUT2D eigenvalue weighted by Gasteiger charge is -2.59. The zero-order valence-corrected chi connectivity index (χ0v) is 30.7. The molecule has 0 aliphatic carbocycles. The SMILES string of the molecule is COc1cc2c(cc1O)CCN[C@]21CS[C@@H]2c3c(OC(C)=O)c(C)c4c(c3[C@H](COC1=O)N1[C@@H]2[C@@H]2N[C@@H](Cc3cc(C)c(OC)c(O)c32)[C@@H]1O)OCO4. The number of phenols is 2. The van der Waals surface area contributed by atoms with Crippen LogP contribution < -0.4 is 34.3 Å². The highest BCUT2D eigenvalue weighted by Gasteiger charge is 2.60. The molecule has 53 heavy (non-hydrogen) atoms. The average molecular weight is 748 g/mol. The minimum absolute atomic E-state index is 0.0210. The molecule has 4 bridgehead atoms. The highest BCUT2D eigenvalue weighted by atomic mass is 32.2. The fourth-order valence-corrected chi connectivity index (χ4v) is 11.3. The van der Waals surface area contributed by atoms with Crippen LogP contribution in [0.15, 0.2) is 18.2 Å². The van der Waals surface area contributed by atoms with E-state index in [4.69, 9.17) is 28.4 Å². The summed E-state index contributed by atoms with van der Waals surface area (Å²) in [6, 6.07) is 2.99. The van der Waals surface area contributed by atoms with Crippen molar-refractivity contribution in [3.8, 4) is 40.2 Å². The average Bonchev–Trinajstić information content (AvgIpc) is 3.63. The van der Waals surface area contributed by atoms with Crippen LogP contribution in [0.4, 0.5) is 0 Å². The molecule has 280 valence electrons. The van der Waals surface area contributed by atoms with Gasteiger partial charge in [0.25, 0.3) is 0 Å². The summed E-state index contributed by atoms with van der Waals surface area (Å²) in [5.74, 6) is 0.890. The summed E-state index contributed by atoms with van der Waals surface area (Å²) >= 11 is 1.45. The molecule has 1 spiro atoms. The van der Waals surface area contributed by atoms with Crippen LogP contribution in [0.5, 0.6) is 40.2 Å². The van der Waals surface area contributed by atoms with Gasteiger partial charge in [0.15, 0.2) is 40.0 Å². The Balaban J connectivity index is 1.31. The molecule has 0 unspecified atom stereocenters. The largest absolute Gasteiger partial charge is 0.504 e. The Morgan fingerprint density at radius 2 is 1.81 bits per heavy atom. The number of carbonyl (C=O) groups is 2. The Morgan fingerprint density at radius 1 is 1.02 bits per heavy atom. The second kappa shape index (κ2) is 12.3. The second-order valence-corrected chi connectivity index (χ2v) is 15.6. The van der Waals surface area contributed by atoms with Gasteiger partial charge in [0.05, 0.1) is 37.6 Å². The molecular formula is C38H41N3O11S. The van der Waals surface area contributed by atoms with Gasteiger partial charge in [0, 0.05) is 47.5 Å². The van der Waals surface area contributed by atoms with Crippen molar-refractivity contribution in [1.29, 1.82) is 0 Å². The van der Waals surface area contributed by atoms with Crippen molar-refractivity contribution in [2.75, 3.05) is 39.9 Å². The minimum atomic E-state index is -1.36. The normalized spacial score (nSPS) is 29.4.